The van der Waals surface area contributed by atoms with Crippen LogP contribution in [0, 0.1) is 0 Å². The van der Waals surface area contributed by atoms with Crippen molar-refractivity contribution in [2.75, 3.05) is 11.1 Å². The highest BCUT2D eigenvalue weighted by molar-refractivity contribution is 7.09. The third-order valence-corrected chi connectivity index (χ3v) is 2.47. The van der Waals surface area contributed by atoms with Gasteiger partial charge in [0.2, 0.25) is 11.9 Å². The Labute approximate surface area is 85.0 Å². The molecule has 2 aromatic heterocycles. The molecule has 0 saturated heterocycles. The standard InChI is InChI=1S/C8H9N5S/c9-7-11-5-12-8(13-7)10-4-6-2-1-3-14-6/h1-3,5H,4H2,(H3,9,10,11,12,13). The quantitative estimate of drug-likeness (QED) is 0.788. The summed E-state index contributed by atoms with van der Waals surface area (Å²) in [7, 11) is 0. The van der Waals surface area contributed by atoms with E-state index >= 15 is 0 Å². The van der Waals surface area contributed by atoms with E-state index in [1.165, 1.54) is 11.2 Å². The van der Waals surface area contributed by atoms with E-state index < -0.39 is 0 Å². The Bertz CT molecular complexity index is 400. The van der Waals surface area contributed by atoms with Crippen LogP contribution < -0.4 is 11.1 Å². The molecule has 0 unspecified atom stereocenters. The molecule has 2 aromatic rings. The molecule has 0 aliphatic carbocycles. The molecule has 2 rings (SSSR count). The maximum Gasteiger partial charge on any atom is 0.227 e. The smallest absolute Gasteiger partial charge is 0.227 e. The van der Waals surface area contributed by atoms with Gasteiger partial charge in [0, 0.05) is 4.88 Å². The summed E-state index contributed by atoms with van der Waals surface area (Å²) in [6.07, 6.45) is 1.39. The first-order valence-electron chi connectivity index (χ1n) is 4.05. The highest BCUT2D eigenvalue weighted by atomic mass is 32.1. The fourth-order valence-corrected chi connectivity index (χ4v) is 1.62. The van der Waals surface area contributed by atoms with E-state index in [1.54, 1.807) is 11.3 Å². The van der Waals surface area contributed by atoms with Gasteiger partial charge >= 0.3 is 0 Å². The minimum absolute atomic E-state index is 0.230. The van der Waals surface area contributed by atoms with Gasteiger partial charge in [-0.3, -0.25) is 0 Å². The lowest BCUT2D eigenvalue weighted by Gasteiger charge is -2.01. The second kappa shape index (κ2) is 4.01. The van der Waals surface area contributed by atoms with Crippen LogP contribution in [0.3, 0.4) is 0 Å². The van der Waals surface area contributed by atoms with Gasteiger partial charge in [-0.05, 0) is 11.4 Å². The molecule has 0 spiro atoms. The SMILES string of the molecule is Nc1ncnc(NCc2cccs2)n1. The molecule has 5 nitrogen and oxygen atoms in total. The summed E-state index contributed by atoms with van der Waals surface area (Å²) in [4.78, 5) is 12.8. The Balaban J connectivity index is 1.98. The summed E-state index contributed by atoms with van der Waals surface area (Å²) in [6.45, 7) is 0.709. The average molecular weight is 207 g/mol. The second-order valence-electron chi connectivity index (χ2n) is 2.60. The highest BCUT2D eigenvalue weighted by Gasteiger charge is 1.97. The Kier molecular flexibility index (Phi) is 2.55. The van der Waals surface area contributed by atoms with Crippen LogP contribution in [0.5, 0.6) is 0 Å². The highest BCUT2D eigenvalue weighted by Crippen LogP contribution is 2.09. The molecule has 0 aliphatic rings. The minimum atomic E-state index is 0.230. The summed E-state index contributed by atoms with van der Waals surface area (Å²) >= 11 is 1.68. The molecule has 0 saturated carbocycles. The number of nitrogen functional groups attached to an aromatic ring is 1. The van der Waals surface area contributed by atoms with Crippen molar-refractivity contribution in [2.45, 2.75) is 6.54 Å². The van der Waals surface area contributed by atoms with Crippen molar-refractivity contribution >= 4 is 23.2 Å². The first-order valence-corrected chi connectivity index (χ1v) is 4.93. The molecule has 0 aliphatic heterocycles. The van der Waals surface area contributed by atoms with E-state index in [-0.39, 0.29) is 5.95 Å². The van der Waals surface area contributed by atoms with Crippen molar-refractivity contribution in [3.63, 3.8) is 0 Å². The molecular weight excluding hydrogens is 198 g/mol. The van der Waals surface area contributed by atoms with Crippen molar-refractivity contribution in [3.05, 3.63) is 28.7 Å². The lowest BCUT2D eigenvalue weighted by molar-refractivity contribution is 1.02. The van der Waals surface area contributed by atoms with Crippen LogP contribution in [0.15, 0.2) is 23.8 Å². The number of hydrogen-bond acceptors (Lipinski definition) is 6. The van der Waals surface area contributed by atoms with Crippen molar-refractivity contribution in [1.82, 2.24) is 15.0 Å². The minimum Gasteiger partial charge on any atom is -0.368 e. The Morgan fingerprint density at radius 3 is 3.07 bits per heavy atom. The van der Waals surface area contributed by atoms with Gasteiger partial charge in [-0.2, -0.15) is 4.98 Å². The molecular formula is C8H9N5S. The zero-order valence-electron chi connectivity index (χ0n) is 7.34. The summed E-state index contributed by atoms with van der Waals surface area (Å²) in [5.41, 5.74) is 5.41. The van der Waals surface area contributed by atoms with Crippen molar-refractivity contribution in [2.24, 2.45) is 0 Å². The summed E-state index contributed by atoms with van der Waals surface area (Å²) in [6, 6.07) is 4.05. The van der Waals surface area contributed by atoms with Gasteiger partial charge in [0.1, 0.15) is 6.33 Å². The first kappa shape index (κ1) is 8.89. The van der Waals surface area contributed by atoms with E-state index in [0.29, 0.717) is 12.5 Å². The van der Waals surface area contributed by atoms with Gasteiger partial charge in [0.05, 0.1) is 6.54 Å². The van der Waals surface area contributed by atoms with Crippen molar-refractivity contribution in [1.29, 1.82) is 0 Å². The molecule has 72 valence electrons. The van der Waals surface area contributed by atoms with Gasteiger partial charge in [-0.15, -0.1) is 11.3 Å². The van der Waals surface area contributed by atoms with E-state index in [2.05, 4.69) is 20.3 Å². The zero-order chi connectivity index (χ0) is 9.80. The van der Waals surface area contributed by atoms with Crippen LogP contribution in [0.25, 0.3) is 0 Å². The lowest BCUT2D eigenvalue weighted by atomic mass is 10.5. The maximum atomic E-state index is 5.41. The number of nitrogens with zero attached hydrogens (tertiary/aromatic N) is 3. The predicted molar refractivity (Wildman–Crippen MR) is 55.9 cm³/mol. The predicted octanol–water partition coefficient (Wildman–Crippen LogP) is 1.13. The van der Waals surface area contributed by atoms with E-state index in [4.69, 9.17) is 5.73 Å². The summed E-state index contributed by atoms with van der Waals surface area (Å²) in [5.74, 6) is 0.736. The molecule has 0 radical (unpaired) electrons. The number of nitrogens with two attached hydrogens (primary N) is 1. The molecule has 3 N–H and O–H groups in total. The molecule has 6 heteroatoms. The molecule has 2 heterocycles. The maximum absolute atomic E-state index is 5.41. The number of aromatic nitrogens is 3. The number of thiophene rings is 1. The third-order valence-electron chi connectivity index (χ3n) is 1.59. The molecule has 0 atom stereocenters. The van der Waals surface area contributed by atoms with Crippen LogP contribution in [0.1, 0.15) is 4.88 Å². The van der Waals surface area contributed by atoms with Gasteiger partial charge in [0.15, 0.2) is 0 Å². The van der Waals surface area contributed by atoms with Gasteiger partial charge in [0.25, 0.3) is 0 Å². The summed E-state index contributed by atoms with van der Waals surface area (Å²) in [5, 5.41) is 5.08. The average Bonchev–Trinajstić information content (AvgIpc) is 2.67. The van der Waals surface area contributed by atoms with Crippen LogP contribution >= 0.6 is 11.3 Å². The number of hydrogen-bond donors (Lipinski definition) is 2. The normalized spacial score (nSPS) is 10.0. The van der Waals surface area contributed by atoms with E-state index in [1.807, 2.05) is 17.5 Å². The molecule has 0 bridgehead atoms. The Morgan fingerprint density at radius 1 is 1.43 bits per heavy atom. The van der Waals surface area contributed by atoms with Crippen LogP contribution in [0.2, 0.25) is 0 Å². The molecule has 0 amide bonds. The van der Waals surface area contributed by atoms with Crippen LogP contribution in [0.4, 0.5) is 11.9 Å². The molecule has 0 fully saturated rings. The Morgan fingerprint density at radius 2 is 2.36 bits per heavy atom. The summed E-state index contributed by atoms with van der Waals surface area (Å²) < 4.78 is 0. The van der Waals surface area contributed by atoms with E-state index in [0.717, 1.165) is 0 Å². The van der Waals surface area contributed by atoms with Crippen LogP contribution in [-0.4, -0.2) is 15.0 Å². The number of nitrogens with one attached hydrogen (secondary N) is 1. The van der Waals surface area contributed by atoms with E-state index in [9.17, 15) is 0 Å². The largest absolute Gasteiger partial charge is 0.368 e. The molecule has 14 heavy (non-hydrogen) atoms. The van der Waals surface area contributed by atoms with Gasteiger partial charge in [-0.1, -0.05) is 6.07 Å². The van der Waals surface area contributed by atoms with Gasteiger partial charge in [-0.25, -0.2) is 9.97 Å². The van der Waals surface area contributed by atoms with Gasteiger partial charge < -0.3 is 11.1 Å². The molecule has 0 aromatic carbocycles. The van der Waals surface area contributed by atoms with Crippen LogP contribution in [-0.2, 0) is 6.54 Å². The number of anilines is 2. The zero-order valence-corrected chi connectivity index (χ0v) is 8.16. The number of rotatable bonds is 3. The fraction of sp³-hybridized carbons (Fsp3) is 0.125. The first-order chi connectivity index (χ1) is 6.84. The second-order valence-corrected chi connectivity index (χ2v) is 3.63. The van der Waals surface area contributed by atoms with Crippen molar-refractivity contribution in [3.8, 4) is 0 Å². The third kappa shape index (κ3) is 2.17. The lowest BCUT2D eigenvalue weighted by Crippen LogP contribution is -2.05. The Hall–Kier alpha value is -1.69. The topological polar surface area (TPSA) is 76.7 Å². The monoisotopic (exact) mass is 207 g/mol. The fourth-order valence-electron chi connectivity index (χ4n) is 0.973. The van der Waals surface area contributed by atoms with Crippen molar-refractivity contribution < 1.29 is 0 Å².